The molecule has 0 aliphatic heterocycles. The lowest BCUT2D eigenvalue weighted by Gasteiger charge is -2.38. The molecule has 0 aromatic heterocycles. The van der Waals surface area contributed by atoms with Gasteiger partial charge in [-0.1, -0.05) is 47.0 Å². The second-order valence-electron chi connectivity index (χ2n) is 8.15. The summed E-state index contributed by atoms with van der Waals surface area (Å²) in [6.07, 6.45) is 7.85. The lowest BCUT2D eigenvalue weighted by molar-refractivity contribution is 0.137. The molecule has 0 saturated heterocycles. The van der Waals surface area contributed by atoms with E-state index in [9.17, 15) is 0 Å². The Balaban J connectivity index is 4.63. The molecule has 1 unspecified atom stereocenters. The van der Waals surface area contributed by atoms with Crippen LogP contribution in [0.25, 0.3) is 0 Å². The molecular formula is C19H42N2. The van der Waals surface area contributed by atoms with Gasteiger partial charge in [-0.3, -0.25) is 0 Å². The van der Waals surface area contributed by atoms with E-state index in [1.54, 1.807) is 0 Å². The van der Waals surface area contributed by atoms with E-state index < -0.39 is 0 Å². The Morgan fingerprint density at radius 3 is 1.71 bits per heavy atom. The van der Waals surface area contributed by atoms with Crippen LogP contribution in [0.4, 0.5) is 0 Å². The van der Waals surface area contributed by atoms with Gasteiger partial charge in [-0.25, -0.2) is 0 Å². The summed E-state index contributed by atoms with van der Waals surface area (Å²) < 4.78 is 0. The smallest absolute Gasteiger partial charge is 0.00967 e. The minimum atomic E-state index is 0.215. The first-order chi connectivity index (χ1) is 9.76. The van der Waals surface area contributed by atoms with Crippen LogP contribution in [0.1, 0.15) is 87.0 Å². The summed E-state index contributed by atoms with van der Waals surface area (Å²) in [5, 5.41) is 3.74. The number of rotatable bonds is 12. The van der Waals surface area contributed by atoms with Crippen molar-refractivity contribution in [2.45, 2.75) is 92.5 Å². The molecule has 0 spiro atoms. The molecule has 21 heavy (non-hydrogen) atoms. The van der Waals surface area contributed by atoms with E-state index >= 15 is 0 Å². The minimum absolute atomic E-state index is 0.215. The van der Waals surface area contributed by atoms with Gasteiger partial charge in [-0.2, -0.15) is 0 Å². The van der Waals surface area contributed by atoms with Crippen LogP contribution in [0.3, 0.4) is 0 Å². The maximum absolute atomic E-state index is 3.74. The predicted molar refractivity (Wildman–Crippen MR) is 97.0 cm³/mol. The van der Waals surface area contributed by atoms with E-state index in [-0.39, 0.29) is 5.54 Å². The van der Waals surface area contributed by atoms with E-state index in [0.29, 0.717) is 5.41 Å². The molecule has 0 rings (SSSR count). The second-order valence-corrected chi connectivity index (χ2v) is 8.15. The van der Waals surface area contributed by atoms with Gasteiger partial charge in [-0.15, -0.1) is 0 Å². The Bertz CT molecular complexity index is 236. The van der Waals surface area contributed by atoms with Crippen LogP contribution in [-0.2, 0) is 0 Å². The lowest BCUT2D eigenvalue weighted by atomic mass is 9.84. The molecule has 1 N–H and O–H groups in total. The van der Waals surface area contributed by atoms with Gasteiger partial charge in [0.2, 0.25) is 0 Å². The molecule has 2 nitrogen and oxygen atoms in total. The fourth-order valence-electron chi connectivity index (χ4n) is 2.88. The quantitative estimate of drug-likeness (QED) is 0.540. The van der Waals surface area contributed by atoms with Crippen molar-refractivity contribution in [2.24, 2.45) is 5.41 Å². The fraction of sp³-hybridized carbons (Fsp3) is 1.00. The first-order valence-electron chi connectivity index (χ1n) is 9.23. The Hall–Kier alpha value is -0.0800. The maximum Gasteiger partial charge on any atom is 0.00967 e. The van der Waals surface area contributed by atoms with Crippen molar-refractivity contribution in [1.29, 1.82) is 0 Å². The van der Waals surface area contributed by atoms with Crippen molar-refractivity contribution in [3.63, 3.8) is 0 Å². The Morgan fingerprint density at radius 1 is 0.810 bits per heavy atom. The van der Waals surface area contributed by atoms with Gasteiger partial charge in [0.15, 0.2) is 0 Å². The van der Waals surface area contributed by atoms with Crippen LogP contribution < -0.4 is 5.32 Å². The number of hydrogen-bond donors (Lipinski definition) is 1. The van der Waals surface area contributed by atoms with E-state index in [0.717, 1.165) is 6.54 Å². The van der Waals surface area contributed by atoms with Gasteiger partial charge in [0.1, 0.15) is 0 Å². The molecule has 0 aromatic carbocycles. The average Bonchev–Trinajstić information content (AvgIpc) is 2.39. The predicted octanol–water partition coefficient (Wildman–Crippen LogP) is 5.08. The Kier molecular flexibility index (Phi) is 10.6. The number of nitrogens with one attached hydrogen (secondary N) is 1. The molecular weight excluding hydrogens is 256 g/mol. The van der Waals surface area contributed by atoms with Crippen LogP contribution in [0, 0.1) is 5.41 Å². The third kappa shape index (κ3) is 11.2. The van der Waals surface area contributed by atoms with Gasteiger partial charge in [0, 0.05) is 18.6 Å². The van der Waals surface area contributed by atoms with Gasteiger partial charge >= 0.3 is 0 Å². The molecule has 0 radical (unpaired) electrons. The molecule has 0 saturated carbocycles. The van der Waals surface area contributed by atoms with Crippen molar-refractivity contribution >= 4 is 0 Å². The van der Waals surface area contributed by atoms with E-state index in [1.165, 1.54) is 58.2 Å². The number of unbranched alkanes of at least 4 members (excludes halogenated alkanes) is 2. The van der Waals surface area contributed by atoms with Crippen LogP contribution in [0.5, 0.6) is 0 Å². The molecule has 0 amide bonds. The highest BCUT2D eigenvalue weighted by atomic mass is 15.1. The summed E-state index contributed by atoms with van der Waals surface area (Å²) in [5.41, 5.74) is 0.607. The number of hydrogen-bond acceptors (Lipinski definition) is 2. The van der Waals surface area contributed by atoms with Crippen molar-refractivity contribution in [3.05, 3.63) is 0 Å². The third-order valence-electron chi connectivity index (χ3n) is 4.16. The largest absolute Gasteiger partial charge is 0.311 e. The van der Waals surface area contributed by atoms with Gasteiger partial charge < -0.3 is 10.2 Å². The Labute approximate surface area is 135 Å². The number of nitrogens with zero attached hydrogens (tertiary/aromatic N) is 1. The zero-order valence-electron chi connectivity index (χ0n) is 16.0. The molecule has 0 bridgehead atoms. The lowest BCUT2D eigenvalue weighted by Crippen LogP contribution is -2.48. The highest BCUT2D eigenvalue weighted by Crippen LogP contribution is 2.25. The minimum Gasteiger partial charge on any atom is -0.311 e. The molecule has 0 fully saturated rings. The maximum atomic E-state index is 3.74. The second kappa shape index (κ2) is 10.6. The SMILES string of the molecule is CCCCN(CCCC)CC(C)(CCC)CNC(C)(C)C. The standard InChI is InChI=1S/C19H42N2/c1-8-11-14-21(15-12-9-2)17-19(7,13-10-3)16-20-18(4,5)6/h20H,8-17H2,1-7H3. The van der Waals surface area contributed by atoms with Crippen molar-refractivity contribution in [1.82, 2.24) is 10.2 Å². The van der Waals surface area contributed by atoms with Gasteiger partial charge in [0.05, 0.1) is 0 Å². The topological polar surface area (TPSA) is 15.3 Å². The molecule has 0 aliphatic carbocycles. The monoisotopic (exact) mass is 298 g/mol. The summed E-state index contributed by atoms with van der Waals surface area (Å²) >= 11 is 0. The molecule has 0 aliphatic rings. The molecule has 2 heteroatoms. The van der Waals surface area contributed by atoms with Crippen LogP contribution in [-0.4, -0.2) is 36.6 Å². The summed E-state index contributed by atoms with van der Waals surface area (Å²) in [5.74, 6) is 0. The highest BCUT2D eigenvalue weighted by molar-refractivity contribution is 4.84. The Morgan fingerprint density at radius 2 is 1.33 bits per heavy atom. The molecule has 1 atom stereocenters. The van der Waals surface area contributed by atoms with E-state index in [4.69, 9.17) is 0 Å². The average molecular weight is 299 g/mol. The summed E-state index contributed by atoms with van der Waals surface area (Å²) in [6.45, 7) is 21.1. The zero-order chi connectivity index (χ0) is 16.4. The fourth-order valence-corrected chi connectivity index (χ4v) is 2.88. The third-order valence-corrected chi connectivity index (χ3v) is 4.16. The van der Waals surface area contributed by atoms with E-state index in [2.05, 4.69) is 58.7 Å². The van der Waals surface area contributed by atoms with Crippen LogP contribution in [0.2, 0.25) is 0 Å². The van der Waals surface area contributed by atoms with Crippen LogP contribution in [0.15, 0.2) is 0 Å². The van der Waals surface area contributed by atoms with Crippen molar-refractivity contribution in [2.75, 3.05) is 26.2 Å². The molecule has 0 aromatic rings. The first-order valence-corrected chi connectivity index (χ1v) is 9.23. The summed E-state index contributed by atoms with van der Waals surface area (Å²) in [6, 6.07) is 0. The summed E-state index contributed by atoms with van der Waals surface area (Å²) in [4.78, 5) is 2.72. The van der Waals surface area contributed by atoms with Crippen molar-refractivity contribution < 1.29 is 0 Å². The highest BCUT2D eigenvalue weighted by Gasteiger charge is 2.27. The first kappa shape index (κ1) is 20.9. The van der Waals surface area contributed by atoms with Gasteiger partial charge in [0.25, 0.3) is 0 Å². The zero-order valence-corrected chi connectivity index (χ0v) is 16.0. The molecule has 0 heterocycles. The van der Waals surface area contributed by atoms with Gasteiger partial charge in [-0.05, 0) is 58.5 Å². The summed E-state index contributed by atoms with van der Waals surface area (Å²) in [7, 11) is 0. The van der Waals surface area contributed by atoms with E-state index in [1.807, 2.05) is 0 Å². The molecule has 128 valence electrons. The normalized spacial score (nSPS) is 15.4. The van der Waals surface area contributed by atoms with Crippen LogP contribution >= 0.6 is 0 Å². The van der Waals surface area contributed by atoms with Crippen molar-refractivity contribution in [3.8, 4) is 0 Å².